The molecule has 0 radical (unpaired) electrons. The third-order valence-electron chi connectivity index (χ3n) is 1.55. The first kappa shape index (κ1) is 9.22. The van der Waals surface area contributed by atoms with E-state index in [0.717, 1.165) is 0 Å². The molecule has 4 nitrogen and oxygen atoms in total. The number of halogens is 1. The number of methoxy groups -OCH3 is 1. The molecule has 0 spiro atoms. The summed E-state index contributed by atoms with van der Waals surface area (Å²) in [6.07, 6.45) is 1.43. The number of hydrogen-bond donors (Lipinski definition) is 0. The maximum atomic E-state index is 10.8. The van der Waals surface area contributed by atoms with Gasteiger partial charge in [0.1, 0.15) is 0 Å². The molecule has 0 aliphatic heterocycles. The largest absolute Gasteiger partial charge is 0.378 e. The lowest BCUT2D eigenvalue weighted by Gasteiger charge is -2.00. The minimum Gasteiger partial charge on any atom is -0.378 e. The Hall–Kier alpha value is -0.870. The quantitative estimate of drug-likeness (QED) is 0.664. The van der Waals surface area contributed by atoms with Crippen molar-refractivity contribution in [3.8, 4) is 0 Å². The van der Waals surface area contributed by atoms with Gasteiger partial charge in [-0.1, -0.05) is 0 Å². The van der Waals surface area contributed by atoms with E-state index >= 15 is 0 Å². The molecule has 0 fully saturated rings. The first-order valence-corrected chi connectivity index (χ1v) is 3.74. The maximum Gasteiger partial charge on any atom is 0.255 e. The van der Waals surface area contributed by atoms with Crippen molar-refractivity contribution < 1.29 is 9.53 Å². The Balaban J connectivity index is 3.03. The number of carbonyl (C=O) groups is 1. The van der Waals surface area contributed by atoms with E-state index < -0.39 is 5.24 Å². The highest BCUT2D eigenvalue weighted by Crippen LogP contribution is 2.10. The van der Waals surface area contributed by atoms with Gasteiger partial charge in [0.2, 0.25) is 0 Å². The van der Waals surface area contributed by atoms with E-state index in [4.69, 9.17) is 16.3 Å². The molecule has 0 aromatic carbocycles. The van der Waals surface area contributed by atoms with E-state index in [2.05, 4.69) is 5.10 Å². The van der Waals surface area contributed by atoms with Crippen molar-refractivity contribution >= 4 is 16.8 Å². The van der Waals surface area contributed by atoms with Crippen LogP contribution in [0, 0.1) is 0 Å². The van der Waals surface area contributed by atoms with Gasteiger partial charge in [0.15, 0.2) is 0 Å². The molecule has 5 heteroatoms. The summed E-state index contributed by atoms with van der Waals surface area (Å²) in [6.45, 7) is 0.338. The topological polar surface area (TPSA) is 44.1 Å². The number of ether oxygens (including phenoxy) is 1. The highest BCUT2D eigenvalue weighted by Gasteiger charge is 2.12. The lowest BCUT2D eigenvalue weighted by molar-refractivity contribution is 0.107. The Morgan fingerprint density at radius 2 is 2.50 bits per heavy atom. The minimum absolute atomic E-state index is 0.338. The number of carbonyl (C=O) groups excluding carboxylic acids is 1. The number of aromatic nitrogens is 2. The van der Waals surface area contributed by atoms with Crippen LogP contribution in [-0.4, -0.2) is 22.1 Å². The molecular weight excluding hydrogens is 180 g/mol. The monoisotopic (exact) mass is 188 g/mol. The van der Waals surface area contributed by atoms with E-state index in [9.17, 15) is 4.79 Å². The van der Waals surface area contributed by atoms with Crippen LogP contribution in [0.5, 0.6) is 0 Å². The van der Waals surface area contributed by atoms with Crippen LogP contribution in [0.1, 0.15) is 16.1 Å². The van der Waals surface area contributed by atoms with Gasteiger partial charge in [-0.2, -0.15) is 5.10 Å². The van der Waals surface area contributed by atoms with Crippen LogP contribution >= 0.6 is 11.6 Å². The second-order valence-corrected chi connectivity index (χ2v) is 2.68. The molecule has 0 atom stereocenters. The summed E-state index contributed by atoms with van der Waals surface area (Å²) in [5.41, 5.74) is 1.10. The van der Waals surface area contributed by atoms with Gasteiger partial charge in [-0.3, -0.25) is 9.48 Å². The molecule has 0 aliphatic rings. The van der Waals surface area contributed by atoms with Crippen molar-refractivity contribution in [3.05, 3.63) is 17.5 Å². The summed E-state index contributed by atoms with van der Waals surface area (Å²) in [7, 11) is 3.28. The fourth-order valence-corrected chi connectivity index (χ4v) is 1.09. The Bertz CT molecular complexity index is 296. The summed E-state index contributed by atoms with van der Waals surface area (Å²) in [6, 6.07) is 0. The number of nitrogens with zero attached hydrogens (tertiary/aromatic N) is 2. The third-order valence-corrected chi connectivity index (χ3v) is 1.76. The predicted octanol–water partition coefficient (Wildman–Crippen LogP) is 0.946. The van der Waals surface area contributed by atoms with Crippen molar-refractivity contribution in [3.63, 3.8) is 0 Å². The first-order chi connectivity index (χ1) is 5.66. The van der Waals surface area contributed by atoms with Crippen molar-refractivity contribution in [2.45, 2.75) is 6.61 Å². The average molecular weight is 189 g/mol. The summed E-state index contributed by atoms with van der Waals surface area (Å²) >= 11 is 5.31. The zero-order chi connectivity index (χ0) is 9.14. The van der Waals surface area contributed by atoms with E-state index in [1.54, 1.807) is 18.8 Å². The molecule has 12 heavy (non-hydrogen) atoms. The summed E-state index contributed by atoms with van der Waals surface area (Å²) in [4.78, 5) is 10.8. The smallest absolute Gasteiger partial charge is 0.255 e. The highest BCUT2D eigenvalue weighted by molar-refractivity contribution is 6.67. The summed E-state index contributed by atoms with van der Waals surface area (Å²) < 4.78 is 6.45. The van der Waals surface area contributed by atoms with E-state index in [-0.39, 0.29) is 0 Å². The molecule has 0 saturated carbocycles. The fourth-order valence-electron chi connectivity index (χ4n) is 0.935. The molecule has 0 N–H and O–H groups in total. The number of aryl methyl sites for hydroxylation is 1. The average Bonchev–Trinajstić information content (AvgIpc) is 2.34. The van der Waals surface area contributed by atoms with Gasteiger partial charge in [0.25, 0.3) is 5.24 Å². The van der Waals surface area contributed by atoms with Crippen LogP contribution in [0.3, 0.4) is 0 Å². The molecule has 1 heterocycles. The fraction of sp³-hybridized carbons (Fsp3) is 0.429. The zero-order valence-corrected chi connectivity index (χ0v) is 7.63. The Morgan fingerprint density at radius 1 is 1.83 bits per heavy atom. The first-order valence-electron chi connectivity index (χ1n) is 3.36. The van der Waals surface area contributed by atoms with Crippen LogP contribution < -0.4 is 0 Å². The van der Waals surface area contributed by atoms with Crippen LogP contribution in [0.25, 0.3) is 0 Å². The Morgan fingerprint density at radius 3 is 3.00 bits per heavy atom. The zero-order valence-electron chi connectivity index (χ0n) is 6.87. The molecule has 0 unspecified atom stereocenters. The van der Waals surface area contributed by atoms with Crippen molar-refractivity contribution in [1.29, 1.82) is 0 Å². The van der Waals surface area contributed by atoms with E-state index in [1.165, 1.54) is 6.20 Å². The van der Waals surface area contributed by atoms with Gasteiger partial charge < -0.3 is 4.74 Å². The van der Waals surface area contributed by atoms with Gasteiger partial charge in [0.05, 0.1) is 24.1 Å². The van der Waals surface area contributed by atoms with Crippen molar-refractivity contribution in [2.24, 2.45) is 7.05 Å². The van der Waals surface area contributed by atoms with Crippen molar-refractivity contribution in [1.82, 2.24) is 9.78 Å². The summed E-state index contributed by atoms with van der Waals surface area (Å²) in [5.74, 6) is 0. The van der Waals surface area contributed by atoms with Crippen LogP contribution in [0.2, 0.25) is 0 Å². The van der Waals surface area contributed by atoms with Gasteiger partial charge in [-0.05, 0) is 11.6 Å². The molecule has 66 valence electrons. The molecule has 0 amide bonds. The highest BCUT2D eigenvalue weighted by atomic mass is 35.5. The molecule has 1 rings (SSSR count). The second-order valence-electron chi connectivity index (χ2n) is 2.34. The van der Waals surface area contributed by atoms with E-state index in [0.29, 0.717) is 17.9 Å². The van der Waals surface area contributed by atoms with Crippen LogP contribution in [-0.2, 0) is 18.4 Å². The van der Waals surface area contributed by atoms with Gasteiger partial charge in [0, 0.05) is 14.2 Å². The van der Waals surface area contributed by atoms with Crippen molar-refractivity contribution in [2.75, 3.05) is 7.11 Å². The molecule has 0 aliphatic carbocycles. The predicted molar refractivity (Wildman–Crippen MR) is 44.1 cm³/mol. The normalized spacial score (nSPS) is 10.2. The maximum absolute atomic E-state index is 10.8. The molecular formula is C7H9ClN2O2. The van der Waals surface area contributed by atoms with Gasteiger partial charge >= 0.3 is 0 Å². The lowest BCUT2D eigenvalue weighted by atomic mass is 10.3. The lowest BCUT2D eigenvalue weighted by Crippen LogP contribution is -2.03. The molecule has 0 saturated heterocycles. The van der Waals surface area contributed by atoms with Gasteiger partial charge in [-0.25, -0.2) is 0 Å². The number of hydrogen-bond acceptors (Lipinski definition) is 3. The number of rotatable bonds is 3. The molecule has 1 aromatic rings. The van der Waals surface area contributed by atoms with Gasteiger partial charge in [-0.15, -0.1) is 0 Å². The Kier molecular flexibility index (Phi) is 2.83. The molecule has 0 bridgehead atoms. The van der Waals surface area contributed by atoms with Crippen LogP contribution in [0.4, 0.5) is 0 Å². The van der Waals surface area contributed by atoms with E-state index in [1.807, 2.05) is 0 Å². The standard InChI is InChI=1S/C7H9ClN2O2/c1-10-6(4-12-2)5(3-9-10)7(8)11/h3H,4H2,1-2H3. The van der Waals surface area contributed by atoms with Crippen LogP contribution in [0.15, 0.2) is 6.20 Å². The third kappa shape index (κ3) is 1.65. The minimum atomic E-state index is -0.504. The second kappa shape index (κ2) is 3.69. The Labute approximate surface area is 75.1 Å². The summed E-state index contributed by atoms with van der Waals surface area (Å²) in [5, 5.41) is 3.38. The SMILES string of the molecule is COCc1c(C(=O)Cl)cnn1C. The molecule has 1 aromatic heterocycles.